The Labute approximate surface area is 116 Å². The number of morpholine rings is 1. The molecule has 2 atom stereocenters. The van der Waals surface area contributed by atoms with Gasteiger partial charge in [0, 0.05) is 13.1 Å². The van der Waals surface area contributed by atoms with Gasteiger partial charge < -0.3 is 9.84 Å². The van der Waals surface area contributed by atoms with Crippen LogP contribution < -0.4 is 0 Å². The topological polar surface area (TPSA) is 32.7 Å². The molecule has 1 aliphatic heterocycles. The molecule has 1 aromatic rings. The van der Waals surface area contributed by atoms with E-state index in [1.54, 1.807) is 0 Å². The zero-order valence-electron chi connectivity index (χ0n) is 12.0. The van der Waals surface area contributed by atoms with Crippen molar-refractivity contribution in [3.63, 3.8) is 0 Å². The predicted octanol–water partition coefficient (Wildman–Crippen LogP) is 2.39. The van der Waals surface area contributed by atoms with Gasteiger partial charge in [0.2, 0.25) is 0 Å². The van der Waals surface area contributed by atoms with Crippen molar-refractivity contribution in [1.82, 2.24) is 4.90 Å². The molecule has 106 valence electrons. The molecule has 2 rings (SSSR count). The highest BCUT2D eigenvalue weighted by molar-refractivity contribution is 5.24. The third kappa shape index (κ3) is 3.78. The molecule has 0 bridgehead atoms. The van der Waals surface area contributed by atoms with E-state index in [0.717, 1.165) is 44.6 Å². The molecule has 19 heavy (non-hydrogen) atoms. The Morgan fingerprint density at radius 1 is 1.32 bits per heavy atom. The van der Waals surface area contributed by atoms with Crippen LogP contribution >= 0.6 is 0 Å². The van der Waals surface area contributed by atoms with Crippen LogP contribution in [0, 0.1) is 0 Å². The molecule has 2 unspecified atom stereocenters. The van der Waals surface area contributed by atoms with Gasteiger partial charge in [-0.2, -0.15) is 0 Å². The van der Waals surface area contributed by atoms with E-state index in [1.165, 1.54) is 5.56 Å². The van der Waals surface area contributed by atoms with Crippen molar-refractivity contribution in [3.05, 3.63) is 35.4 Å². The van der Waals surface area contributed by atoms with E-state index in [9.17, 15) is 5.11 Å². The maximum Gasteiger partial charge on any atom is 0.106 e. The maximum atomic E-state index is 10.4. The molecule has 0 spiro atoms. The second kappa shape index (κ2) is 7.04. The molecular formula is C16H25NO2. The Morgan fingerprint density at radius 2 is 2.05 bits per heavy atom. The molecule has 0 aliphatic carbocycles. The molecule has 0 saturated carbocycles. The summed E-state index contributed by atoms with van der Waals surface area (Å²) in [5.41, 5.74) is 2.26. The van der Waals surface area contributed by atoms with Crippen molar-refractivity contribution < 1.29 is 9.84 Å². The van der Waals surface area contributed by atoms with Crippen LogP contribution in [0.25, 0.3) is 0 Å². The van der Waals surface area contributed by atoms with Gasteiger partial charge >= 0.3 is 0 Å². The van der Waals surface area contributed by atoms with Crippen LogP contribution in [0.3, 0.4) is 0 Å². The molecule has 1 aliphatic rings. The first-order chi connectivity index (χ1) is 9.24. The number of aliphatic hydroxyl groups is 1. The minimum atomic E-state index is -0.523. The van der Waals surface area contributed by atoms with E-state index in [1.807, 2.05) is 12.1 Å². The lowest BCUT2D eigenvalue weighted by atomic mass is 10.0. The van der Waals surface area contributed by atoms with E-state index in [4.69, 9.17) is 4.74 Å². The SMILES string of the molecule is CCCN1CCOC(C(O)c2ccc(CC)cc2)C1. The minimum Gasteiger partial charge on any atom is -0.386 e. The van der Waals surface area contributed by atoms with Gasteiger partial charge in [0.15, 0.2) is 0 Å². The van der Waals surface area contributed by atoms with Crippen molar-refractivity contribution in [2.45, 2.75) is 38.9 Å². The van der Waals surface area contributed by atoms with E-state index in [2.05, 4.69) is 30.9 Å². The smallest absolute Gasteiger partial charge is 0.106 e. The van der Waals surface area contributed by atoms with E-state index in [-0.39, 0.29) is 6.10 Å². The average molecular weight is 263 g/mol. The lowest BCUT2D eigenvalue weighted by molar-refractivity contribution is -0.0898. The Bertz CT molecular complexity index is 375. The number of rotatable bonds is 5. The first-order valence-electron chi connectivity index (χ1n) is 7.35. The molecule has 3 nitrogen and oxygen atoms in total. The quantitative estimate of drug-likeness (QED) is 0.885. The normalized spacial score (nSPS) is 22.4. The van der Waals surface area contributed by atoms with E-state index < -0.39 is 6.10 Å². The van der Waals surface area contributed by atoms with Crippen LogP contribution in [0.5, 0.6) is 0 Å². The molecule has 1 fully saturated rings. The number of hydrogen-bond donors (Lipinski definition) is 1. The second-order valence-electron chi connectivity index (χ2n) is 5.25. The number of hydrogen-bond acceptors (Lipinski definition) is 3. The molecule has 3 heteroatoms. The van der Waals surface area contributed by atoms with Gasteiger partial charge in [-0.15, -0.1) is 0 Å². The molecule has 1 saturated heterocycles. The van der Waals surface area contributed by atoms with E-state index in [0.29, 0.717) is 0 Å². The van der Waals surface area contributed by atoms with Crippen LogP contribution in [0.1, 0.15) is 37.5 Å². The van der Waals surface area contributed by atoms with Crippen LogP contribution in [0.4, 0.5) is 0 Å². The first-order valence-corrected chi connectivity index (χ1v) is 7.35. The van der Waals surface area contributed by atoms with Crippen molar-refractivity contribution in [2.24, 2.45) is 0 Å². The van der Waals surface area contributed by atoms with Crippen molar-refractivity contribution in [1.29, 1.82) is 0 Å². The van der Waals surface area contributed by atoms with Crippen LogP contribution in [0.15, 0.2) is 24.3 Å². The lowest BCUT2D eigenvalue weighted by Gasteiger charge is -2.35. The fraction of sp³-hybridized carbons (Fsp3) is 0.625. The lowest BCUT2D eigenvalue weighted by Crippen LogP contribution is -2.45. The fourth-order valence-electron chi connectivity index (χ4n) is 2.61. The maximum absolute atomic E-state index is 10.4. The highest BCUT2D eigenvalue weighted by Gasteiger charge is 2.27. The molecule has 0 amide bonds. The van der Waals surface area contributed by atoms with E-state index >= 15 is 0 Å². The monoisotopic (exact) mass is 263 g/mol. The van der Waals surface area contributed by atoms with Gasteiger partial charge in [0.05, 0.1) is 6.61 Å². The van der Waals surface area contributed by atoms with Crippen LogP contribution in [-0.2, 0) is 11.2 Å². The predicted molar refractivity (Wildman–Crippen MR) is 77.3 cm³/mol. The summed E-state index contributed by atoms with van der Waals surface area (Å²) in [6.07, 6.45) is 1.55. The molecule has 0 radical (unpaired) electrons. The van der Waals surface area contributed by atoms with Gasteiger partial charge in [0.1, 0.15) is 12.2 Å². The Hall–Kier alpha value is -0.900. The number of nitrogens with zero attached hydrogens (tertiary/aromatic N) is 1. The van der Waals surface area contributed by atoms with Crippen molar-refractivity contribution in [2.75, 3.05) is 26.2 Å². The zero-order chi connectivity index (χ0) is 13.7. The molecule has 1 aromatic carbocycles. The summed E-state index contributed by atoms with van der Waals surface area (Å²) >= 11 is 0. The molecule has 1 heterocycles. The molecule has 0 aromatic heterocycles. The third-order valence-electron chi connectivity index (χ3n) is 3.80. The summed E-state index contributed by atoms with van der Waals surface area (Å²) in [7, 11) is 0. The summed E-state index contributed by atoms with van der Waals surface area (Å²) < 4.78 is 5.74. The largest absolute Gasteiger partial charge is 0.386 e. The zero-order valence-corrected chi connectivity index (χ0v) is 12.0. The number of benzene rings is 1. The first kappa shape index (κ1) is 14.5. The second-order valence-corrected chi connectivity index (χ2v) is 5.25. The number of ether oxygens (including phenoxy) is 1. The third-order valence-corrected chi connectivity index (χ3v) is 3.80. The molecule has 1 N–H and O–H groups in total. The van der Waals surface area contributed by atoms with Crippen molar-refractivity contribution in [3.8, 4) is 0 Å². The summed E-state index contributed by atoms with van der Waals surface area (Å²) in [6, 6.07) is 8.22. The summed E-state index contributed by atoms with van der Waals surface area (Å²) in [5, 5.41) is 10.4. The highest BCUT2D eigenvalue weighted by atomic mass is 16.5. The standard InChI is InChI=1S/C16H25NO2/c1-3-9-17-10-11-19-15(12-17)16(18)14-7-5-13(4-2)6-8-14/h5-8,15-16,18H,3-4,9-12H2,1-2H3. The van der Waals surface area contributed by atoms with Gasteiger partial charge in [0.25, 0.3) is 0 Å². The number of aliphatic hydroxyl groups excluding tert-OH is 1. The van der Waals surface area contributed by atoms with Crippen LogP contribution in [-0.4, -0.2) is 42.4 Å². The average Bonchev–Trinajstić information content (AvgIpc) is 2.47. The number of aryl methyl sites for hydroxylation is 1. The summed E-state index contributed by atoms with van der Waals surface area (Å²) in [5.74, 6) is 0. The van der Waals surface area contributed by atoms with Gasteiger partial charge in [-0.1, -0.05) is 38.1 Å². The Kier molecular flexibility index (Phi) is 5.37. The summed E-state index contributed by atoms with van der Waals surface area (Å²) in [6.45, 7) is 7.93. The Morgan fingerprint density at radius 3 is 2.68 bits per heavy atom. The molecular weight excluding hydrogens is 238 g/mol. The van der Waals surface area contributed by atoms with Gasteiger partial charge in [-0.05, 0) is 30.5 Å². The Balaban J connectivity index is 1.99. The van der Waals surface area contributed by atoms with Crippen molar-refractivity contribution >= 4 is 0 Å². The van der Waals surface area contributed by atoms with Crippen LogP contribution in [0.2, 0.25) is 0 Å². The minimum absolute atomic E-state index is 0.104. The van der Waals surface area contributed by atoms with Gasteiger partial charge in [-0.3, -0.25) is 4.90 Å². The highest BCUT2D eigenvalue weighted by Crippen LogP contribution is 2.23. The van der Waals surface area contributed by atoms with Gasteiger partial charge in [-0.25, -0.2) is 0 Å². The fourth-order valence-corrected chi connectivity index (χ4v) is 2.61. The summed E-state index contributed by atoms with van der Waals surface area (Å²) in [4.78, 5) is 2.37.